The number of nitrogens with one attached hydrogen (secondary N) is 1. The number of ketones is 1. The van der Waals surface area contributed by atoms with E-state index in [4.69, 9.17) is 0 Å². The van der Waals surface area contributed by atoms with Gasteiger partial charge in [0, 0.05) is 16.5 Å². The molecule has 0 radical (unpaired) electrons. The van der Waals surface area contributed by atoms with Crippen LogP contribution in [-0.2, 0) is 9.59 Å². The van der Waals surface area contributed by atoms with Crippen molar-refractivity contribution in [1.82, 2.24) is 4.98 Å². The first kappa shape index (κ1) is 17.7. The van der Waals surface area contributed by atoms with Crippen LogP contribution in [0.1, 0.15) is 39.3 Å². The number of fused-ring (bicyclic) bond motifs is 3. The van der Waals surface area contributed by atoms with E-state index in [0.29, 0.717) is 12.1 Å². The molecule has 2 aromatic rings. The molecule has 2 bridgehead atoms. The zero-order valence-electron chi connectivity index (χ0n) is 15.5. The van der Waals surface area contributed by atoms with Gasteiger partial charge in [-0.15, -0.1) is 0 Å². The molecule has 3 unspecified atom stereocenters. The molecule has 2 fully saturated rings. The van der Waals surface area contributed by atoms with Crippen LogP contribution >= 0.6 is 15.9 Å². The van der Waals surface area contributed by atoms with E-state index >= 15 is 0 Å². The molecule has 1 N–H and O–H groups in total. The summed E-state index contributed by atoms with van der Waals surface area (Å²) in [6.07, 6.45) is 1.46. The highest BCUT2D eigenvalue weighted by Gasteiger charge is 2.76. The number of carbonyl (C=O) groups excluding carboxylic acids is 2. The standard InChI is InChI=1S/C21H23BrN2O2/c1-12-8-9-13-6-5-7-14(15(13)23-12)24-18(26)21-11-10-20(4,19(21,2)3)17(25)16(21)22/h5-9,16H,10-11H2,1-4H3,(H,24,26). The lowest BCUT2D eigenvalue weighted by atomic mass is 9.64. The molecular weight excluding hydrogens is 392 g/mol. The summed E-state index contributed by atoms with van der Waals surface area (Å²) >= 11 is 3.58. The van der Waals surface area contributed by atoms with Gasteiger partial charge in [0.15, 0.2) is 5.78 Å². The van der Waals surface area contributed by atoms with Crippen LogP contribution in [0, 0.1) is 23.2 Å². The van der Waals surface area contributed by atoms with Crippen molar-refractivity contribution in [2.24, 2.45) is 16.2 Å². The zero-order chi connectivity index (χ0) is 18.9. The summed E-state index contributed by atoms with van der Waals surface area (Å²) in [5, 5.41) is 4.10. The molecule has 136 valence electrons. The van der Waals surface area contributed by atoms with Gasteiger partial charge in [-0.3, -0.25) is 14.6 Å². The third-order valence-electron chi connectivity index (χ3n) is 7.23. The van der Waals surface area contributed by atoms with Gasteiger partial charge in [0.2, 0.25) is 5.91 Å². The lowest BCUT2D eigenvalue weighted by molar-refractivity contribution is -0.130. The van der Waals surface area contributed by atoms with E-state index in [-0.39, 0.29) is 11.7 Å². The Kier molecular flexibility index (Phi) is 3.65. The Labute approximate surface area is 161 Å². The highest BCUT2D eigenvalue weighted by molar-refractivity contribution is 9.10. The van der Waals surface area contributed by atoms with Gasteiger partial charge in [-0.2, -0.15) is 0 Å². The van der Waals surface area contributed by atoms with E-state index in [1.165, 1.54) is 0 Å². The quantitative estimate of drug-likeness (QED) is 0.727. The highest BCUT2D eigenvalue weighted by Crippen LogP contribution is 2.72. The van der Waals surface area contributed by atoms with E-state index in [0.717, 1.165) is 23.0 Å². The van der Waals surface area contributed by atoms with E-state index in [1.807, 2.05) is 44.2 Å². The number of Topliss-reactive ketones (excluding diaryl/α,β-unsaturated/α-hetero) is 1. The van der Waals surface area contributed by atoms with Gasteiger partial charge in [-0.1, -0.05) is 54.9 Å². The second kappa shape index (κ2) is 5.38. The number of nitrogens with zero attached hydrogens (tertiary/aromatic N) is 1. The van der Waals surface area contributed by atoms with Gasteiger partial charge in [0.1, 0.15) is 0 Å². The maximum absolute atomic E-state index is 13.5. The minimum atomic E-state index is -0.745. The summed E-state index contributed by atoms with van der Waals surface area (Å²) < 4.78 is 0. The number of amides is 1. The first-order chi connectivity index (χ1) is 12.1. The Hall–Kier alpha value is -1.75. The molecule has 26 heavy (non-hydrogen) atoms. The molecule has 4 nitrogen and oxygen atoms in total. The van der Waals surface area contributed by atoms with Crippen LogP contribution in [-0.4, -0.2) is 21.5 Å². The van der Waals surface area contributed by atoms with Gasteiger partial charge >= 0.3 is 0 Å². The summed E-state index contributed by atoms with van der Waals surface area (Å²) in [6.45, 7) is 8.06. The van der Waals surface area contributed by atoms with Gasteiger partial charge in [-0.05, 0) is 37.3 Å². The molecule has 2 aliphatic carbocycles. The Balaban J connectivity index is 1.78. The zero-order valence-corrected chi connectivity index (χ0v) is 17.1. The summed E-state index contributed by atoms with van der Waals surface area (Å²) in [4.78, 5) is 30.6. The smallest absolute Gasteiger partial charge is 0.232 e. The molecule has 1 heterocycles. The molecule has 3 atom stereocenters. The van der Waals surface area contributed by atoms with Gasteiger partial charge in [0.05, 0.1) is 21.4 Å². The van der Waals surface area contributed by atoms with Crippen LogP contribution in [0.15, 0.2) is 30.3 Å². The van der Waals surface area contributed by atoms with Crippen LogP contribution in [0.3, 0.4) is 0 Å². The summed E-state index contributed by atoms with van der Waals surface area (Å²) in [6, 6.07) is 9.75. The molecular formula is C21H23BrN2O2. The number of aromatic nitrogens is 1. The number of benzene rings is 1. The third kappa shape index (κ3) is 1.92. The molecule has 4 rings (SSSR count). The average Bonchev–Trinajstić information content (AvgIpc) is 2.87. The predicted octanol–water partition coefficient (Wildman–Crippen LogP) is 4.64. The average molecular weight is 415 g/mol. The van der Waals surface area contributed by atoms with E-state index < -0.39 is 21.1 Å². The van der Waals surface area contributed by atoms with Crippen LogP contribution in [0.2, 0.25) is 0 Å². The Morgan fingerprint density at radius 2 is 1.92 bits per heavy atom. The van der Waals surface area contributed by atoms with Crippen LogP contribution in [0.5, 0.6) is 0 Å². The topological polar surface area (TPSA) is 59.1 Å². The highest BCUT2D eigenvalue weighted by atomic mass is 79.9. The maximum atomic E-state index is 13.5. The van der Waals surface area contributed by atoms with E-state index in [2.05, 4.69) is 40.1 Å². The van der Waals surface area contributed by atoms with Crippen molar-refractivity contribution in [2.75, 3.05) is 5.32 Å². The lowest BCUT2D eigenvalue weighted by Crippen LogP contribution is -2.48. The fourth-order valence-electron chi connectivity index (χ4n) is 5.03. The number of pyridine rings is 1. The molecule has 1 amide bonds. The third-order valence-corrected chi connectivity index (χ3v) is 8.43. The second-order valence-corrected chi connectivity index (χ2v) is 9.35. The largest absolute Gasteiger partial charge is 0.324 e. The molecule has 0 aliphatic heterocycles. The number of hydrogen-bond donors (Lipinski definition) is 1. The summed E-state index contributed by atoms with van der Waals surface area (Å²) in [7, 11) is 0. The number of aryl methyl sites for hydroxylation is 1. The molecule has 1 aromatic carbocycles. The second-order valence-electron chi connectivity index (χ2n) is 8.44. The number of carbonyl (C=O) groups is 2. The molecule has 2 aliphatic rings. The van der Waals surface area contributed by atoms with Crippen LogP contribution < -0.4 is 5.32 Å². The monoisotopic (exact) mass is 414 g/mol. The van der Waals surface area contributed by atoms with Crippen LogP contribution in [0.4, 0.5) is 5.69 Å². The number of hydrogen-bond acceptors (Lipinski definition) is 3. The van der Waals surface area contributed by atoms with Gasteiger partial charge < -0.3 is 5.32 Å². The van der Waals surface area contributed by atoms with Crippen molar-refractivity contribution in [2.45, 2.75) is 45.4 Å². The number of alkyl halides is 1. The van der Waals surface area contributed by atoms with Crippen molar-refractivity contribution in [1.29, 1.82) is 0 Å². The molecule has 0 spiro atoms. The van der Waals surface area contributed by atoms with Gasteiger partial charge in [0.25, 0.3) is 0 Å². The predicted molar refractivity (Wildman–Crippen MR) is 106 cm³/mol. The minimum absolute atomic E-state index is 0.0882. The molecule has 1 aromatic heterocycles. The Bertz CT molecular complexity index is 954. The van der Waals surface area contributed by atoms with Crippen molar-refractivity contribution in [3.05, 3.63) is 36.0 Å². The normalized spacial score (nSPS) is 32.2. The fourth-order valence-corrected chi connectivity index (χ4v) is 6.55. The maximum Gasteiger partial charge on any atom is 0.232 e. The molecule has 5 heteroatoms. The fraction of sp³-hybridized carbons (Fsp3) is 0.476. The number of halogens is 1. The minimum Gasteiger partial charge on any atom is -0.324 e. The molecule has 0 saturated heterocycles. The van der Waals surface area contributed by atoms with Crippen molar-refractivity contribution in [3.8, 4) is 0 Å². The SMILES string of the molecule is Cc1ccc2cccc(NC(=O)C34CCC(C)(C(=O)C3Br)C4(C)C)c2n1. The first-order valence-electron chi connectivity index (χ1n) is 9.01. The van der Waals surface area contributed by atoms with Crippen molar-refractivity contribution < 1.29 is 9.59 Å². The van der Waals surface area contributed by atoms with Crippen molar-refractivity contribution in [3.63, 3.8) is 0 Å². The Morgan fingerprint density at radius 3 is 2.58 bits per heavy atom. The van der Waals surface area contributed by atoms with E-state index in [1.54, 1.807) is 0 Å². The molecule has 2 saturated carbocycles. The first-order valence-corrected chi connectivity index (χ1v) is 9.93. The van der Waals surface area contributed by atoms with Gasteiger partial charge in [-0.25, -0.2) is 0 Å². The lowest BCUT2D eigenvalue weighted by Gasteiger charge is -2.39. The van der Waals surface area contributed by atoms with E-state index in [9.17, 15) is 9.59 Å². The summed E-state index contributed by atoms with van der Waals surface area (Å²) in [5.41, 5.74) is 0.765. The van der Waals surface area contributed by atoms with Crippen LogP contribution in [0.25, 0.3) is 10.9 Å². The Morgan fingerprint density at radius 1 is 1.19 bits per heavy atom. The number of rotatable bonds is 2. The number of anilines is 1. The summed E-state index contributed by atoms with van der Waals surface area (Å²) in [5.74, 6) is 0.0607. The number of para-hydroxylation sites is 1. The van der Waals surface area contributed by atoms with Crippen molar-refractivity contribution >= 4 is 44.2 Å².